The first kappa shape index (κ1) is 31.1. The van der Waals surface area contributed by atoms with Crippen LogP contribution in [-0.2, 0) is 34.1 Å². The third-order valence-electron chi connectivity index (χ3n) is 8.21. The summed E-state index contributed by atoms with van der Waals surface area (Å²) in [6, 6.07) is 31.5. The summed E-state index contributed by atoms with van der Waals surface area (Å²) in [6.45, 7) is 0. The molecule has 0 aliphatic carbocycles. The molecular formula is C36H40N2O5S. The molecular weight excluding hydrogens is 572 g/mol. The van der Waals surface area contributed by atoms with Gasteiger partial charge in [0, 0.05) is 18.5 Å². The molecule has 1 aliphatic rings. The quantitative estimate of drug-likeness (QED) is 0.179. The minimum absolute atomic E-state index is 0.0342. The summed E-state index contributed by atoms with van der Waals surface area (Å²) in [5, 5.41) is 3.27. The maximum Gasteiger partial charge on any atom is 0.265 e. The van der Waals surface area contributed by atoms with E-state index in [0.717, 1.165) is 44.1 Å². The number of ether oxygens (including phenoxy) is 2. The lowest BCUT2D eigenvalue weighted by molar-refractivity contribution is -0.122. The summed E-state index contributed by atoms with van der Waals surface area (Å²) in [5.41, 5.74) is 3.87. The van der Waals surface area contributed by atoms with Gasteiger partial charge in [0.05, 0.1) is 24.8 Å². The fourth-order valence-electron chi connectivity index (χ4n) is 5.92. The first-order valence-corrected chi connectivity index (χ1v) is 16.6. The van der Waals surface area contributed by atoms with Crippen LogP contribution in [0.4, 0.5) is 5.69 Å². The van der Waals surface area contributed by atoms with Gasteiger partial charge in [-0.3, -0.25) is 9.10 Å². The van der Waals surface area contributed by atoms with Crippen molar-refractivity contribution in [1.29, 1.82) is 0 Å². The van der Waals surface area contributed by atoms with E-state index in [1.165, 1.54) is 41.8 Å². The second-order valence-corrected chi connectivity index (χ2v) is 12.9. The van der Waals surface area contributed by atoms with Crippen LogP contribution < -0.4 is 19.1 Å². The summed E-state index contributed by atoms with van der Waals surface area (Å²) in [7, 11) is -1.15. The maximum absolute atomic E-state index is 14.2. The van der Waals surface area contributed by atoms with Gasteiger partial charge in [-0.2, -0.15) is 0 Å². The average Bonchev–Trinajstić information content (AvgIpc) is 3.46. The van der Waals surface area contributed by atoms with Gasteiger partial charge in [-0.1, -0.05) is 78.9 Å². The highest BCUT2D eigenvalue weighted by Crippen LogP contribution is 2.39. The molecule has 0 aromatic heterocycles. The van der Waals surface area contributed by atoms with Gasteiger partial charge in [0.15, 0.2) is 11.5 Å². The molecule has 0 spiro atoms. The van der Waals surface area contributed by atoms with E-state index in [1.807, 2.05) is 48.5 Å². The number of anilines is 1. The molecule has 4 aromatic carbocycles. The lowest BCUT2D eigenvalue weighted by Gasteiger charge is -2.28. The predicted molar refractivity (Wildman–Crippen MR) is 174 cm³/mol. The van der Waals surface area contributed by atoms with Crippen LogP contribution in [0.5, 0.6) is 11.5 Å². The number of carbonyl (C=O) groups excluding carboxylic acids is 1. The minimum atomic E-state index is -4.11. The van der Waals surface area contributed by atoms with E-state index in [2.05, 4.69) is 29.6 Å². The van der Waals surface area contributed by atoms with E-state index in [1.54, 1.807) is 18.2 Å². The Morgan fingerprint density at radius 1 is 0.795 bits per heavy atom. The number of carbonyl (C=O) groups is 1. The number of hydrogen-bond donors (Lipinski definition) is 1. The highest BCUT2D eigenvalue weighted by molar-refractivity contribution is 7.93. The lowest BCUT2D eigenvalue weighted by Crippen LogP contribution is -2.50. The molecule has 0 saturated carbocycles. The molecule has 0 bridgehead atoms. The van der Waals surface area contributed by atoms with E-state index in [9.17, 15) is 13.2 Å². The fourth-order valence-corrected chi connectivity index (χ4v) is 7.59. The first-order chi connectivity index (χ1) is 21.4. The summed E-state index contributed by atoms with van der Waals surface area (Å²) in [4.78, 5) is 14.1. The molecule has 1 N–H and O–H groups in total. The molecule has 8 heteroatoms. The fraction of sp³-hybridized carbons (Fsp3) is 0.306. The molecule has 4 aromatic rings. The Hall–Kier alpha value is -4.30. The van der Waals surface area contributed by atoms with Crippen LogP contribution in [0.3, 0.4) is 0 Å². The van der Waals surface area contributed by atoms with Crippen LogP contribution >= 0.6 is 0 Å². The SMILES string of the molecule is COc1ccc(S(=O)(=O)N2c3ccccc3C[C@H]2C(=O)NC(CCCc2ccccc2)CCCc2ccccc2)cc1OC. The van der Waals surface area contributed by atoms with Crippen molar-refractivity contribution in [3.8, 4) is 11.5 Å². The number of methoxy groups -OCH3 is 2. The topological polar surface area (TPSA) is 84.9 Å². The predicted octanol–water partition coefficient (Wildman–Crippen LogP) is 6.35. The first-order valence-electron chi connectivity index (χ1n) is 15.1. The summed E-state index contributed by atoms with van der Waals surface area (Å²) in [6.07, 6.45) is 5.57. The summed E-state index contributed by atoms with van der Waals surface area (Å²) < 4.78 is 40.3. The second-order valence-electron chi connectivity index (χ2n) is 11.1. The number of aryl methyl sites for hydroxylation is 2. The Morgan fingerprint density at radius 2 is 1.36 bits per heavy atom. The number of amides is 1. The van der Waals surface area contributed by atoms with Gasteiger partial charge in [0.25, 0.3) is 10.0 Å². The summed E-state index contributed by atoms with van der Waals surface area (Å²) in [5.74, 6) is 0.449. The molecule has 0 radical (unpaired) electrons. The molecule has 44 heavy (non-hydrogen) atoms. The van der Waals surface area contributed by atoms with Crippen molar-refractivity contribution in [2.45, 2.75) is 61.9 Å². The zero-order valence-electron chi connectivity index (χ0n) is 25.3. The number of fused-ring (bicyclic) bond motifs is 1. The number of para-hydroxylation sites is 1. The van der Waals surface area contributed by atoms with Crippen molar-refractivity contribution in [1.82, 2.24) is 5.32 Å². The molecule has 1 amide bonds. The highest BCUT2D eigenvalue weighted by Gasteiger charge is 2.42. The molecule has 0 saturated heterocycles. The van der Waals surface area contributed by atoms with Crippen LogP contribution in [0.2, 0.25) is 0 Å². The van der Waals surface area contributed by atoms with Crippen LogP contribution in [0.15, 0.2) is 108 Å². The van der Waals surface area contributed by atoms with Gasteiger partial charge in [0.1, 0.15) is 6.04 Å². The van der Waals surface area contributed by atoms with Crippen molar-refractivity contribution in [2.24, 2.45) is 0 Å². The monoisotopic (exact) mass is 612 g/mol. The number of hydrogen-bond acceptors (Lipinski definition) is 5. The average molecular weight is 613 g/mol. The molecule has 1 atom stereocenters. The maximum atomic E-state index is 14.2. The number of rotatable bonds is 14. The Morgan fingerprint density at radius 3 is 1.95 bits per heavy atom. The van der Waals surface area contributed by atoms with Gasteiger partial charge in [-0.15, -0.1) is 0 Å². The molecule has 0 fully saturated rings. The van der Waals surface area contributed by atoms with Gasteiger partial charge in [-0.05, 0) is 73.4 Å². The van der Waals surface area contributed by atoms with Crippen molar-refractivity contribution in [3.05, 3.63) is 120 Å². The molecule has 1 aliphatic heterocycles. The smallest absolute Gasteiger partial charge is 0.265 e. The van der Waals surface area contributed by atoms with Gasteiger partial charge < -0.3 is 14.8 Å². The van der Waals surface area contributed by atoms with E-state index >= 15 is 0 Å². The zero-order valence-corrected chi connectivity index (χ0v) is 26.1. The van der Waals surface area contributed by atoms with E-state index in [0.29, 0.717) is 23.6 Å². The molecule has 0 unspecified atom stereocenters. The molecule has 5 rings (SSSR count). The Labute approximate surface area is 260 Å². The van der Waals surface area contributed by atoms with Crippen molar-refractivity contribution in [3.63, 3.8) is 0 Å². The van der Waals surface area contributed by atoms with Gasteiger partial charge >= 0.3 is 0 Å². The molecule has 7 nitrogen and oxygen atoms in total. The standard InChI is InChI=1S/C36H40N2O5S/c1-42-34-24-23-31(26-35(34)43-2)44(40,41)38-32-22-10-9-19-29(32)25-33(38)36(39)37-30(20-11-17-27-13-5-3-6-14-27)21-12-18-28-15-7-4-8-16-28/h3-10,13-16,19,22-24,26,30,33H,11-12,17-18,20-21,25H2,1-2H3,(H,37,39)/t33-/m0/s1. The van der Waals surface area contributed by atoms with Crippen molar-refractivity contribution in [2.75, 3.05) is 18.5 Å². The van der Waals surface area contributed by atoms with Gasteiger partial charge in [-0.25, -0.2) is 8.42 Å². The minimum Gasteiger partial charge on any atom is -0.493 e. The third kappa shape index (κ3) is 7.25. The lowest BCUT2D eigenvalue weighted by atomic mass is 9.98. The van der Waals surface area contributed by atoms with E-state index in [-0.39, 0.29) is 16.8 Å². The van der Waals surface area contributed by atoms with Crippen LogP contribution in [-0.4, -0.2) is 40.6 Å². The number of benzene rings is 4. The third-order valence-corrected chi connectivity index (χ3v) is 10.0. The Bertz CT molecular complexity index is 1600. The summed E-state index contributed by atoms with van der Waals surface area (Å²) >= 11 is 0. The van der Waals surface area contributed by atoms with Crippen molar-refractivity contribution < 1.29 is 22.7 Å². The number of sulfonamides is 1. The zero-order chi connectivity index (χ0) is 30.9. The van der Waals surface area contributed by atoms with Gasteiger partial charge in [0.2, 0.25) is 5.91 Å². The number of nitrogens with one attached hydrogen (secondary N) is 1. The van der Waals surface area contributed by atoms with Crippen LogP contribution in [0.1, 0.15) is 42.4 Å². The van der Waals surface area contributed by atoms with E-state index < -0.39 is 16.1 Å². The number of nitrogens with zero attached hydrogens (tertiary/aromatic N) is 1. The second kappa shape index (κ2) is 14.4. The largest absolute Gasteiger partial charge is 0.493 e. The molecule has 1 heterocycles. The normalized spacial score (nSPS) is 14.3. The highest BCUT2D eigenvalue weighted by atomic mass is 32.2. The van der Waals surface area contributed by atoms with Crippen LogP contribution in [0, 0.1) is 0 Å². The van der Waals surface area contributed by atoms with Crippen molar-refractivity contribution >= 4 is 21.6 Å². The molecule has 230 valence electrons. The Balaban J connectivity index is 1.36. The Kier molecular flexibility index (Phi) is 10.2. The van der Waals surface area contributed by atoms with Crippen LogP contribution in [0.25, 0.3) is 0 Å². The van der Waals surface area contributed by atoms with E-state index in [4.69, 9.17) is 9.47 Å².